The standard InChI is InChI=1S/C27H40N2O6/c1-5-26-13-8-11-18-34-24(33)20(26)19-22(31)28(15-9-6-7-10-17-30)21-23(32)29(25(2,3)4)16-12-14-27(19,21)35-26/h8,12-14,19-21,30H,5-7,9-11,15-18H2,1-4H3/t19-,20+,21?,26-,27-/m0/s1. The first-order valence-electron chi connectivity index (χ1n) is 13.1. The molecule has 0 bridgehead atoms. The van der Waals surface area contributed by atoms with E-state index in [-0.39, 0.29) is 25.0 Å². The minimum Gasteiger partial charge on any atom is -0.465 e. The van der Waals surface area contributed by atoms with Gasteiger partial charge in [0.15, 0.2) is 0 Å². The van der Waals surface area contributed by atoms with Gasteiger partial charge in [-0.25, -0.2) is 0 Å². The summed E-state index contributed by atoms with van der Waals surface area (Å²) in [6.07, 6.45) is 11.9. The number of unbranched alkanes of at least 4 members (excludes halogenated alkanes) is 3. The Morgan fingerprint density at radius 2 is 1.77 bits per heavy atom. The van der Waals surface area contributed by atoms with Crippen LogP contribution in [0.2, 0.25) is 0 Å². The Bertz CT molecular complexity index is 908. The molecule has 0 saturated carbocycles. The molecule has 4 heterocycles. The second-order valence-electron chi connectivity index (χ2n) is 11.2. The van der Waals surface area contributed by atoms with Gasteiger partial charge in [-0.15, -0.1) is 0 Å². The first-order chi connectivity index (χ1) is 16.6. The van der Waals surface area contributed by atoms with Gasteiger partial charge in [-0.05, 0) is 46.5 Å². The first-order valence-corrected chi connectivity index (χ1v) is 13.1. The molecular formula is C27H40N2O6. The molecule has 1 N–H and O–H groups in total. The number of rotatable bonds is 7. The zero-order valence-corrected chi connectivity index (χ0v) is 21.5. The van der Waals surface area contributed by atoms with Crippen molar-refractivity contribution in [3.8, 4) is 0 Å². The normalized spacial score (nSPS) is 34.8. The van der Waals surface area contributed by atoms with E-state index in [0.29, 0.717) is 38.8 Å². The van der Waals surface area contributed by atoms with Gasteiger partial charge in [-0.3, -0.25) is 14.4 Å². The Kier molecular flexibility index (Phi) is 7.17. The lowest BCUT2D eigenvalue weighted by atomic mass is 9.73. The smallest absolute Gasteiger partial charge is 0.313 e. The summed E-state index contributed by atoms with van der Waals surface area (Å²) in [4.78, 5) is 45.1. The average Bonchev–Trinajstić information content (AvgIpc) is 3.13. The number of nitrogens with zero attached hydrogens (tertiary/aromatic N) is 2. The molecule has 8 heteroatoms. The highest BCUT2D eigenvalue weighted by atomic mass is 16.6. The van der Waals surface area contributed by atoms with Crippen LogP contribution >= 0.6 is 0 Å². The van der Waals surface area contributed by atoms with Crippen LogP contribution < -0.4 is 0 Å². The van der Waals surface area contributed by atoms with E-state index in [9.17, 15) is 14.4 Å². The van der Waals surface area contributed by atoms with Crippen molar-refractivity contribution >= 4 is 17.8 Å². The number of aliphatic hydroxyl groups is 1. The van der Waals surface area contributed by atoms with Crippen molar-refractivity contribution in [1.82, 2.24) is 9.80 Å². The number of carbonyl (C=O) groups is 3. The maximum absolute atomic E-state index is 14.2. The van der Waals surface area contributed by atoms with Crippen LogP contribution in [0.15, 0.2) is 24.3 Å². The molecule has 1 spiro atoms. The van der Waals surface area contributed by atoms with Gasteiger partial charge < -0.3 is 24.4 Å². The third kappa shape index (κ3) is 4.22. The van der Waals surface area contributed by atoms with Crippen LogP contribution in [0.5, 0.6) is 0 Å². The molecule has 0 aromatic heterocycles. The van der Waals surface area contributed by atoms with Gasteiger partial charge in [0.25, 0.3) is 0 Å². The van der Waals surface area contributed by atoms with Gasteiger partial charge >= 0.3 is 5.97 Å². The van der Waals surface area contributed by atoms with Crippen LogP contribution in [-0.2, 0) is 23.9 Å². The number of ether oxygens (including phenoxy) is 2. The third-order valence-electron chi connectivity index (χ3n) is 8.02. The van der Waals surface area contributed by atoms with Crippen molar-refractivity contribution in [2.75, 3.05) is 26.3 Å². The molecule has 5 atom stereocenters. The van der Waals surface area contributed by atoms with Crippen molar-refractivity contribution in [2.24, 2.45) is 11.8 Å². The quantitative estimate of drug-likeness (QED) is 0.336. The molecule has 4 aliphatic heterocycles. The summed E-state index contributed by atoms with van der Waals surface area (Å²) in [6.45, 7) is 9.15. The summed E-state index contributed by atoms with van der Waals surface area (Å²) >= 11 is 0. The molecule has 0 radical (unpaired) electrons. The second kappa shape index (κ2) is 9.69. The van der Waals surface area contributed by atoms with Gasteiger partial charge in [-0.2, -0.15) is 0 Å². The average molecular weight is 489 g/mol. The maximum atomic E-state index is 14.2. The van der Waals surface area contributed by atoms with Crippen LogP contribution in [0.25, 0.3) is 0 Å². The second-order valence-corrected chi connectivity index (χ2v) is 11.2. The SMILES string of the molecule is CC[C@]12C=CCCOC(=O)[C@H]1[C@H]1C(=O)N(CCCCCCO)C3C(=O)N(C(C)(C)C)CC=C[C@@]31O2. The molecule has 2 fully saturated rings. The summed E-state index contributed by atoms with van der Waals surface area (Å²) in [6, 6.07) is -0.839. The number of hydrogen-bond donors (Lipinski definition) is 1. The zero-order chi connectivity index (χ0) is 25.4. The molecule has 35 heavy (non-hydrogen) atoms. The van der Waals surface area contributed by atoms with Crippen LogP contribution in [-0.4, -0.2) is 81.8 Å². The van der Waals surface area contributed by atoms with Gasteiger partial charge in [0, 0.05) is 25.2 Å². The van der Waals surface area contributed by atoms with E-state index in [1.807, 2.05) is 52.0 Å². The Labute approximate surface area is 208 Å². The molecule has 1 unspecified atom stereocenters. The Balaban J connectivity index is 1.79. The third-order valence-corrected chi connectivity index (χ3v) is 8.02. The number of likely N-dealkylation sites (tertiary alicyclic amines) is 1. The van der Waals surface area contributed by atoms with Gasteiger partial charge in [0.05, 0.1) is 12.5 Å². The lowest BCUT2D eigenvalue weighted by Gasteiger charge is -2.41. The Morgan fingerprint density at radius 3 is 2.46 bits per heavy atom. The van der Waals surface area contributed by atoms with E-state index >= 15 is 0 Å². The molecule has 0 aromatic carbocycles. The highest BCUT2D eigenvalue weighted by molar-refractivity contribution is 5.99. The molecule has 0 aromatic rings. The Morgan fingerprint density at radius 1 is 1.03 bits per heavy atom. The summed E-state index contributed by atoms with van der Waals surface area (Å²) in [5.41, 5.74) is -2.67. The van der Waals surface area contributed by atoms with Crippen molar-refractivity contribution in [2.45, 2.75) is 89.0 Å². The highest BCUT2D eigenvalue weighted by Crippen LogP contribution is 2.58. The summed E-state index contributed by atoms with van der Waals surface area (Å²) in [7, 11) is 0. The number of carbonyl (C=O) groups excluding carboxylic acids is 3. The van der Waals surface area contributed by atoms with Crippen LogP contribution in [0.4, 0.5) is 0 Å². The highest BCUT2D eigenvalue weighted by Gasteiger charge is 2.75. The molecule has 194 valence electrons. The van der Waals surface area contributed by atoms with Gasteiger partial charge in [0.1, 0.15) is 23.2 Å². The summed E-state index contributed by atoms with van der Waals surface area (Å²) in [5.74, 6) is -2.41. The summed E-state index contributed by atoms with van der Waals surface area (Å²) < 4.78 is 12.4. The minimum atomic E-state index is -1.23. The van der Waals surface area contributed by atoms with Crippen molar-refractivity contribution in [1.29, 1.82) is 0 Å². The maximum Gasteiger partial charge on any atom is 0.313 e. The number of aliphatic hydroxyl groups excluding tert-OH is 1. The monoisotopic (exact) mass is 488 g/mol. The molecule has 4 aliphatic rings. The van der Waals surface area contributed by atoms with E-state index in [0.717, 1.165) is 12.8 Å². The van der Waals surface area contributed by atoms with E-state index < -0.39 is 40.6 Å². The van der Waals surface area contributed by atoms with Gasteiger partial charge in [0.2, 0.25) is 11.8 Å². The number of fused-ring (bicyclic) bond motifs is 2. The topological polar surface area (TPSA) is 96.4 Å². The van der Waals surface area contributed by atoms with Crippen molar-refractivity contribution < 1.29 is 29.0 Å². The van der Waals surface area contributed by atoms with E-state index in [1.165, 1.54) is 0 Å². The molecule has 2 amide bonds. The lowest BCUT2D eigenvalue weighted by molar-refractivity contribution is -0.162. The fraction of sp³-hybridized carbons (Fsp3) is 0.741. The van der Waals surface area contributed by atoms with E-state index in [1.54, 1.807) is 9.80 Å². The Hall–Kier alpha value is -2.19. The van der Waals surface area contributed by atoms with Crippen LogP contribution in [0, 0.1) is 11.8 Å². The molecule has 4 rings (SSSR count). The fourth-order valence-electron chi connectivity index (χ4n) is 6.32. The van der Waals surface area contributed by atoms with Crippen molar-refractivity contribution in [3.63, 3.8) is 0 Å². The fourth-order valence-corrected chi connectivity index (χ4v) is 6.32. The molecule has 8 nitrogen and oxygen atoms in total. The predicted molar refractivity (Wildman–Crippen MR) is 130 cm³/mol. The lowest BCUT2D eigenvalue weighted by Crippen LogP contribution is -2.59. The van der Waals surface area contributed by atoms with E-state index in [2.05, 4.69) is 0 Å². The van der Waals surface area contributed by atoms with Crippen LogP contribution in [0.1, 0.15) is 66.2 Å². The first kappa shape index (κ1) is 25.9. The largest absolute Gasteiger partial charge is 0.465 e. The van der Waals surface area contributed by atoms with Crippen LogP contribution in [0.3, 0.4) is 0 Å². The van der Waals surface area contributed by atoms with E-state index in [4.69, 9.17) is 14.6 Å². The predicted octanol–water partition coefficient (Wildman–Crippen LogP) is 2.60. The van der Waals surface area contributed by atoms with Crippen molar-refractivity contribution in [3.05, 3.63) is 24.3 Å². The molecular weight excluding hydrogens is 448 g/mol. The number of esters is 1. The molecule has 0 aliphatic carbocycles. The number of hydrogen-bond acceptors (Lipinski definition) is 6. The number of amides is 2. The zero-order valence-electron chi connectivity index (χ0n) is 21.5. The van der Waals surface area contributed by atoms with Gasteiger partial charge in [-0.1, -0.05) is 44.1 Å². The molecule has 2 saturated heterocycles. The summed E-state index contributed by atoms with van der Waals surface area (Å²) in [5, 5.41) is 9.09. The minimum absolute atomic E-state index is 0.143. The number of cyclic esters (lactones) is 1.